The van der Waals surface area contributed by atoms with Gasteiger partial charge in [0.1, 0.15) is 36.4 Å². The average molecular weight is 1090 g/mol. The van der Waals surface area contributed by atoms with E-state index in [0.717, 1.165) is 34.4 Å². The molecule has 0 aromatic heterocycles. The minimum atomic E-state index is -4.83. The van der Waals surface area contributed by atoms with Crippen LogP contribution in [-0.2, 0) is 40.0 Å². The molecule has 4 aliphatic rings. The highest BCUT2D eigenvalue weighted by atomic mass is 35.5. The molecule has 1 saturated carbocycles. The topological polar surface area (TPSA) is 160 Å². The first-order chi connectivity index (χ1) is 35.0. The van der Waals surface area contributed by atoms with Crippen LogP contribution in [0.15, 0.2) is 24.3 Å². The third-order valence-electron chi connectivity index (χ3n) is 14.9. The van der Waals surface area contributed by atoms with Crippen LogP contribution in [0.2, 0.25) is 5.02 Å². The molecule has 3 heterocycles. The number of halogens is 7. The minimum Gasteiger partial charge on any atom is -0.344 e. The molecule has 1 aliphatic carbocycles. The van der Waals surface area contributed by atoms with E-state index in [2.05, 4.69) is 10.6 Å². The lowest BCUT2D eigenvalue weighted by atomic mass is 9.89. The van der Waals surface area contributed by atoms with Gasteiger partial charge in [-0.3, -0.25) is 33.6 Å². The first-order valence-corrected chi connectivity index (χ1v) is 26.9. The monoisotopic (exact) mass is 1090 g/mol. The Morgan fingerprint density at radius 1 is 0.893 bits per heavy atom. The van der Waals surface area contributed by atoms with Crippen molar-refractivity contribution >= 4 is 58.5 Å². The van der Waals surface area contributed by atoms with Gasteiger partial charge in [-0.2, -0.15) is 13.2 Å². The van der Waals surface area contributed by atoms with Gasteiger partial charge in [0.25, 0.3) is 0 Å². The second kappa shape index (κ2) is 26.0. The molecule has 2 N–H and O–H groups in total. The number of benzene rings is 1. The maximum absolute atomic E-state index is 14.9. The molecule has 7 amide bonds. The summed E-state index contributed by atoms with van der Waals surface area (Å²) in [6.45, 7) is 10.1. The lowest BCUT2D eigenvalue weighted by molar-refractivity contribution is -0.154. The van der Waals surface area contributed by atoms with Gasteiger partial charge in [0.2, 0.25) is 47.3 Å². The SMILES string of the molecule is CC(C)C[C@@H]1NC(=O)[C@@H](N(C)C(=O)[C@@H](NC(=O)[C@@H]2C[C@@H](F)CN2C(=O)CCC(F)(F)CCC(F)(F)F)C2CC2)CCCCCCCN(C)C(=O)[C@H](Cc2cc(Cl)ccc2C2=CCN(C(=O)C(C)(C)C)CC2)N(C)C1=O. The largest absolute Gasteiger partial charge is 0.389 e. The average Bonchev–Trinajstić information content (AvgIpc) is 4.11. The van der Waals surface area contributed by atoms with E-state index >= 15 is 0 Å². The van der Waals surface area contributed by atoms with Crippen molar-refractivity contribution in [3.8, 4) is 0 Å². The Bertz CT molecular complexity index is 2250. The summed E-state index contributed by atoms with van der Waals surface area (Å²) < 4.78 is 81.5. The molecular formula is C54H78ClF6N7O7. The molecule has 75 heavy (non-hydrogen) atoms. The molecule has 21 heteroatoms. The predicted molar refractivity (Wildman–Crippen MR) is 273 cm³/mol. The Hall–Kier alpha value is -4.88. The highest BCUT2D eigenvalue weighted by molar-refractivity contribution is 6.30. The van der Waals surface area contributed by atoms with Crippen LogP contribution in [0.5, 0.6) is 0 Å². The molecule has 0 radical (unpaired) electrons. The summed E-state index contributed by atoms with van der Waals surface area (Å²) in [6, 6.07) is -0.560. The number of hydrogen-bond donors (Lipinski definition) is 2. The highest BCUT2D eigenvalue weighted by Crippen LogP contribution is 2.36. The van der Waals surface area contributed by atoms with Crippen molar-refractivity contribution in [1.29, 1.82) is 0 Å². The second-order valence-electron chi connectivity index (χ2n) is 22.6. The number of nitrogens with zero attached hydrogens (tertiary/aromatic N) is 5. The highest BCUT2D eigenvalue weighted by Gasteiger charge is 2.47. The lowest BCUT2D eigenvalue weighted by Gasteiger charge is -2.36. The van der Waals surface area contributed by atoms with E-state index in [0.29, 0.717) is 63.2 Å². The van der Waals surface area contributed by atoms with E-state index in [-0.39, 0.29) is 42.9 Å². The molecule has 2 saturated heterocycles. The molecule has 1 aromatic carbocycles. The molecule has 420 valence electrons. The van der Waals surface area contributed by atoms with E-state index < -0.39 is 122 Å². The number of rotatable bonds is 15. The quantitative estimate of drug-likeness (QED) is 0.168. The number of nitrogens with one attached hydrogen (secondary N) is 2. The number of carbonyl (C=O) groups excluding carboxylic acids is 7. The van der Waals surface area contributed by atoms with Crippen LogP contribution in [0.4, 0.5) is 26.3 Å². The molecule has 0 bridgehead atoms. The van der Waals surface area contributed by atoms with Crippen molar-refractivity contribution in [2.24, 2.45) is 17.3 Å². The van der Waals surface area contributed by atoms with Crippen molar-refractivity contribution < 1.29 is 59.9 Å². The van der Waals surface area contributed by atoms with E-state index in [1.54, 1.807) is 24.1 Å². The van der Waals surface area contributed by atoms with Gasteiger partial charge in [-0.05, 0) is 79.2 Å². The number of alkyl halides is 6. The first-order valence-electron chi connectivity index (χ1n) is 26.5. The van der Waals surface area contributed by atoms with Gasteiger partial charge in [-0.25, -0.2) is 13.2 Å². The number of likely N-dealkylation sites (N-methyl/N-ethyl adjacent to an activating group) is 3. The first kappa shape index (κ1) is 61.0. The molecule has 14 nitrogen and oxygen atoms in total. The van der Waals surface area contributed by atoms with Crippen LogP contribution in [0, 0.1) is 17.3 Å². The molecule has 0 spiro atoms. The standard InChI is InChI=1S/C54H78ClF6N7O7/c1-33(2)28-40-48(72)66(8)43(30-36-29-37(55)17-18-39(36)34-20-26-67(27-21-34)51(75)52(3,4)5)49(73)64(6)25-13-11-9-10-12-14-41(46(70)62-40)65(7)50(74)45(35-15-16-35)63-47(71)42-31-38(56)32-68(42)44(69)19-22-53(57,58)23-24-54(59,60)61/h17-18,20,29,33,35,38,40-43,45H,9-16,19,21-28,30-32H2,1-8H3,(H,62,70)(H,63,71)/t38-,40+,41+,42+,43+,45+/m1/s1. The lowest BCUT2D eigenvalue weighted by Crippen LogP contribution is -2.60. The van der Waals surface area contributed by atoms with Crippen molar-refractivity contribution in [1.82, 2.24) is 35.1 Å². The van der Waals surface area contributed by atoms with Crippen LogP contribution in [0.25, 0.3) is 5.57 Å². The van der Waals surface area contributed by atoms with E-state index in [1.807, 2.05) is 51.7 Å². The summed E-state index contributed by atoms with van der Waals surface area (Å²) in [5.41, 5.74) is 2.01. The van der Waals surface area contributed by atoms with Crippen LogP contribution in [-0.4, -0.2) is 162 Å². The van der Waals surface area contributed by atoms with Crippen molar-refractivity contribution in [2.45, 2.75) is 186 Å². The molecule has 3 fully saturated rings. The van der Waals surface area contributed by atoms with Crippen LogP contribution < -0.4 is 10.6 Å². The number of likely N-dealkylation sites (tertiary alicyclic amines) is 1. The Kier molecular flexibility index (Phi) is 21.1. The fourth-order valence-electron chi connectivity index (χ4n) is 10.3. The summed E-state index contributed by atoms with van der Waals surface area (Å²) in [5, 5.41) is 6.04. The second-order valence-corrected chi connectivity index (χ2v) is 23.0. The van der Waals surface area contributed by atoms with Crippen molar-refractivity contribution in [2.75, 3.05) is 47.3 Å². The van der Waals surface area contributed by atoms with E-state index in [1.165, 1.54) is 23.9 Å². The number of carbonyl (C=O) groups is 7. The van der Waals surface area contributed by atoms with Crippen molar-refractivity contribution in [3.63, 3.8) is 0 Å². The predicted octanol–water partition coefficient (Wildman–Crippen LogP) is 8.13. The van der Waals surface area contributed by atoms with Gasteiger partial charge in [0.15, 0.2) is 0 Å². The van der Waals surface area contributed by atoms with Crippen LogP contribution >= 0.6 is 11.6 Å². The normalized spacial score (nSPS) is 23.8. The zero-order valence-electron chi connectivity index (χ0n) is 44.8. The maximum Gasteiger partial charge on any atom is 0.389 e. The summed E-state index contributed by atoms with van der Waals surface area (Å²) in [7, 11) is 4.67. The Morgan fingerprint density at radius 2 is 1.56 bits per heavy atom. The Morgan fingerprint density at radius 3 is 2.17 bits per heavy atom. The summed E-state index contributed by atoms with van der Waals surface area (Å²) in [5.74, 6) is -8.36. The summed E-state index contributed by atoms with van der Waals surface area (Å²) in [6.07, 6.45) is -5.09. The van der Waals surface area contributed by atoms with Gasteiger partial charge in [-0.1, -0.05) is 84.0 Å². The number of hydrogen-bond acceptors (Lipinski definition) is 7. The van der Waals surface area contributed by atoms with Gasteiger partial charge in [0, 0.05) is 89.7 Å². The van der Waals surface area contributed by atoms with E-state index in [4.69, 9.17) is 11.6 Å². The van der Waals surface area contributed by atoms with Crippen LogP contribution in [0.1, 0.15) is 142 Å². The van der Waals surface area contributed by atoms with Crippen LogP contribution in [0.3, 0.4) is 0 Å². The van der Waals surface area contributed by atoms with Gasteiger partial charge < -0.3 is 35.1 Å². The molecule has 0 unspecified atom stereocenters. The van der Waals surface area contributed by atoms with Gasteiger partial charge in [-0.15, -0.1) is 0 Å². The smallest absolute Gasteiger partial charge is 0.344 e. The minimum absolute atomic E-state index is 0.0372. The molecule has 5 rings (SSSR count). The molecular weight excluding hydrogens is 1010 g/mol. The van der Waals surface area contributed by atoms with Crippen molar-refractivity contribution in [3.05, 3.63) is 40.4 Å². The third-order valence-corrected chi connectivity index (χ3v) is 15.1. The maximum atomic E-state index is 14.9. The fraction of sp³-hybridized carbons (Fsp3) is 0.722. The number of amides is 7. The summed E-state index contributed by atoms with van der Waals surface area (Å²) in [4.78, 5) is 106. The summed E-state index contributed by atoms with van der Waals surface area (Å²) >= 11 is 6.62. The fourth-order valence-corrected chi connectivity index (χ4v) is 10.5. The molecule has 3 aliphatic heterocycles. The van der Waals surface area contributed by atoms with Gasteiger partial charge >= 0.3 is 6.18 Å². The zero-order valence-corrected chi connectivity index (χ0v) is 45.6. The Balaban J connectivity index is 1.37. The molecule has 6 atom stereocenters. The van der Waals surface area contributed by atoms with E-state index in [9.17, 15) is 59.9 Å². The Labute approximate surface area is 443 Å². The van der Waals surface area contributed by atoms with Gasteiger partial charge in [0.05, 0.1) is 6.54 Å². The molecule has 1 aromatic rings. The zero-order chi connectivity index (χ0) is 55.7. The third kappa shape index (κ3) is 17.3.